The summed E-state index contributed by atoms with van der Waals surface area (Å²) < 4.78 is 0. The van der Waals surface area contributed by atoms with Gasteiger partial charge in [0.2, 0.25) is 0 Å². The Morgan fingerprint density at radius 1 is 1.40 bits per heavy atom. The van der Waals surface area contributed by atoms with Gasteiger partial charge in [-0.3, -0.25) is 4.98 Å². The first-order valence-electron chi connectivity index (χ1n) is 5.59. The van der Waals surface area contributed by atoms with Crippen molar-refractivity contribution >= 4 is 0 Å². The molecule has 15 heavy (non-hydrogen) atoms. The van der Waals surface area contributed by atoms with Gasteiger partial charge in [-0.25, -0.2) is 0 Å². The SMILES string of the molecule is OC(Cc1ccccn1)C1CC=CCC1. The predicted molar refractivity (Wildman–Crippen MR) is 60.4 cm³/mol. The highest BCUT2D eigenvalue weighted by Gasteiger charge is 2.19. The van der Waals surface area contributed by atoms with Gasteiger partial charge in [-0.05, 0) is 37.3 Å². The van der Waals surface area contributed by atoms with Crippen LogP contribution >= 0.6 is 0 Å². The molecule has 0 bridgehead atoms. The van der Waals surface area contributed by atoms with Crippen LogP contribution in [0.15, 0.2) is 36.5 Å². The number of aliphatic hydroxyl groups is 1. The molecule has 2 rings (SSSR count). The molecule has 2 nitrogen and oxygen atoms in total. The maximum atomic E-state index is 10.1. The maximum Gasteiger partial charge on any atom is 0.0626 e. The first-order chi connectivity index (χ1) is 7.36. The highest BCUT2D eigenvalue weighted by atomic mass is 16.3. The highest BCUT2D eigenvalue weighted by molar-refractivity contribution is 5.05. The van der Waals surface area contributed by atoms with Crippen LogP contribution < -0.4 is 0 Å². The van der Waals surface area contributed by atoms with Gasteiger partial charge in [0, 0.05) is 18.3 Å². The van der Waals surface area contributed by atoms with Crippen molar-refractivity contribution in [3.05, 3.63) is 42.2 Å². The van der Waals surface area contributed by atoms with Crippen LogP contribution in [0.5, 0.6) is 0 Å². The Bertz CT molecular complexity index is 321. The van der Waals surface area contributed by atoms with Gasteiger partial charge >= 0.3 is 0 Å². The van der Waals surface area contributed by atoms with Crippen molar-refractivity contribution in [1.29, 1.82) is 0 Å². The summed E-state index contributed by atoms with van der Waals surface area (Å²) in [4.78, 5) is 4.24. The first-order valence-corrected chi connectivity index (χ1v) is 5.59. The largest absolute Gasteiger partial charge is 0.392 e. The Morgan fingerprint density at radius 3 is 3.00 bits per heavy atom. The molecule has 0 radical (unpaired) electrons. The zero-order valence-electron chi connectivity index (χ0n) is 8.84. The molecule has 0 amide bonds. The fourth-order valence-corrected chi connectivity index (χ4v) is 2.07. The molecule has 2 unspecified atom stereocenters. The number of aromatic nitrogens is 1. The van der Waals surface area contributed by atoms with Gasteiger partial charge in [0.25, 0.3) is 0 Å². The van der Waals surface area contributed by atoms with E-state index in [4.69, 9.17) is 0 Å². The van der Waals surface area contributed by atoms with Crippen molar-refractivity contribution in [2.45, 2.75) is 31.8 Å². The molecular weight excluding hydrogens is 186 g/mol. The number of hydrogen-bond donors (Lipinski definition) is 1. The Kier molecular flexibility index (Phi) is 3.51. The van der Waals surface area contributed by atoms with Crippen LogP contribution in [0.3, 0.4) is 0 Å². The topological polar surface area (TPSA) is 33.1 Å². The van der Waals surface area contributed by atoms with Gasteiger partial charge in [-0.1, -0.05) is 18.2 Å². The molecule has 2 atom stereocenters. The molecule has 2 heteroatoms. The number of allylic oxidation sites excluding steroid dienone is 2. The van der Waals surface area contributed by atoms with Crippen LogP contribution in [0.4, 0.5) is 0 Å². The summed E-state index contributed by atoms with van der Waals surface area (Å²) in [6.07, 6.45) is 9.80. The summed E-state index contributed by atoms with van der Waals surface area (Å²) in [7, 11) is 0. The molecule has 1 heterocycles. The van der Waals surface area contributed by atoms with Crippen LogP contribution in [-0.4, -0.2) is 16.2 Å². The van der Waals surface area contributed by atoms with Gasteiger partial charge in [-0.2, -0.15) is 0 Å². The Morgan fingerprint density at radius 2 is 2.33 bits per heavy atom. The zero-order chi connectivity index (χ0) is 10.5. The summed E-state index contributed by atoms with van der Waals surface area (Å²) in [5.41, 5.74) is 0.986. The van der Waals surface area contributed by atoms with Crippen LogP contribution in [0.25, 0.3) is 0 Å². The monoisotopic (exact) mass is 203 g/mol. The normalized spacial score (nSPS) is 22.6. The molecule has 80 valence electrons. The van der Waals surface area contributed by atoms with Gasteiger partial charge in [0.05, 0.1) is 6.10 Å². The van der Waals surface area contributed by atoms with E-state index in [1.54, 1.807) is 6.20 Å². The lowest BCUT2D eigenvalue weighted by atomic mass is 9.87. The summed E-state index contributed by atoms with van der Waals surface area (Å²) in [5, 5.41) is 10.1. The second-order valence-electron chi connectivity index (χ2n) is 4.14. The van der Waals surface area contributed by atoms with Crippen molar-refractivity contribution in [3.8, 4) is 0 Å². The second kappa shape index (κ2) is 5.08. The number of pyridine rings is 1. The molecule has 0 spiro atoms. The molecule has 0 fully saturated rings. The van der Waals surface area contributed by atoms with E-state index in [0.717, 1.165) is 25.0 Å². The molecule has 0 aliphatic heterocycles. The van der Waals surface area contributed by atoms with Crippen molar-refractivity contribution in [2.75, 3.05) is 0 Å². The van der Waals surface area contributed by atoms with Gasteiger partial charge in [0.15, 0.2) is 0 Å². The van der Waals surface area contributed by atoms with E-state index in [2.05, 4.69) is 17.1 Å². The van der Waals surface area contributed by atoms with Crippen molar-refractivity contribution < 1.29 is 5.11 Å². The summed E-state index contributed by atoms with van der Waals surface area (Å²) in [6.45, 7) is 0. The third-order valence-electron chi connectivity index (χ3n) is 3.00. The van der Waals surface area contributed by atoms with Crippen LogP contribution in [-0.2, 0) is 6.42 Å². The number of rotatable bonds is 3. The highest BCUT2D eigenvalue weighted by Crippen LogP contribution is 2.23. The smallest absolute Gasteiger partial charge is 0.0626 e. The molecule has 1 aliphatic carbocycles. The van der Waals surface area contributed by atoms with E-state index < -0.39 is 0 Å². The van der Waals surface area contributed by atoms with Gasteiger partial charge < -0.3 is 5.11 Å². The van der Waals surface area contributed by atoms with E-state index in [0.29, 0.717) is 12.3 Å². The molecule has 1 aromatic rings. The van der Waals surface area contributed by atoms with E-state index >= 15 is 0 Å². The fraction of sp³-hybridized carbons (Fsp3) is 0.462. The molecule has 1 aromatic heterocycles. The van der Waals surface area contributed by atoms with Crippen LogP contribution in [0.2, 0.25) is 0 Å². The second-order valence-corrected chi connectivity index (χ2v) is 4.14. The van der Waals surface area contributed by atoms with Crippen LogP contribution in [0.1, 0.15) is 25.0 Å². The molecule has 0 saturated heterocycles. The van der Waals surface area contributed by atoms with E-state index in [9.17, 15) is 5.11 Å². The first kappa shape index (κ1) is 10.4. The number of aliphatic hydroxyl groups excluding tert-OH is 1. The maximum absolute atomic E-state index is 10.1. The van der Waals surface area contributed by atoms with E-state index in [-0.39, 0.29) is 6.10 Å². The van der Waals surface area contributed by atoms with Crippen molar-refractivity contribution in [1.82, 2.24) is 4.98 Å². The fourth-order valence-electron chi connectivity index (χ4n) is 2.07. The minimum atomic E-state index is -0.246. The summed E-state index contributed by atoms with van der Waals surface area (Å²) in [6, 6.07) is 5.84. The lowest BCUT2D eigenvalue weighted by Gasteiger charge is -2.23. The molecule has 0 aromatic carbocycles. The number of nitrogens with zero attached hydrogens (tertiary/aromatic N) is 1. The minimum Gasteiger partial charge on any atom is -0.392 e. The minimum absolute atomic E-state index is 0.246. The Hall–Kier alpha value is -1.15. The molecule has 1 N–H and O–H groups in total. The summed E-state index contributed by atoms with van der Waals surface area (Å²) >= 11 is 0. The number of hydrogen-bond acceptors (Lipinski definition) is 2. The lowest BCUT2D eigenvalue weighted by Crippen LogP contribution is -2.24. The van der Waals surface area contributed by atoms with E-state index in [1.165, 1.54) is 0 Å². The van der Waals surface area contributed by atoms with Gasteiger partial charge in [0.1, 0.15) is 0 Å². The zero-order valence-corrected chi connectivity index (χ0v) is 8.84. The van der Waals surface area contributed by atoms with Crippen molar-refractivity contribution in [3.63, 3.8) is 0 Å². The standard InChI is InChI=1S/C13H17NO/c15-13(11-6-2-1-3-7-11)10-12-8-4-5-9-14-12/h1-2,4-5,8-9,11,13,15H,3,6-7,10H2. The third-order valence-corrected chi connectivity index (χ3v) is 3.00. The molecule has 0 saturated carbocycles. The quantitative estimate of drug-likeness (QED) is 0.765. The van der Waals surface area contributed by atoms with Crippen molar-refractivity contribution in [2.24, 2.45) is 5.92 Å². The van der Waals surface area contributed by atoms with E-state index in [1.807, 2.05) is 18.2 Å². The molecular formula is C13H17NO. The molecule has 1 aliphatic rings. The third kappa shape index (κ3) is 2.90. The summed E-state index contributed by atoms with van der Waals surface area (Å²) in [5.74, 6) is 0.414. The average Bonchev–Trinajstić information content (AvgIpc) is 2.31. The Labute approximate surface area is 90.7 Å². The predicted octanol–water partition coefficient (Wildman–Crippen LogP) is 2.34. The Balaban J connectivity index is 1.91. The lowest BCUT2D eigenvalue weighted by molar-refractivity contribution is 0.101. The van der Waals surface area contributed by atoms with Crippen LogP contribution in [0, 0.1) is 5.92 Å². The van der Waals surface area contributed by atoms with Gasteiger partial charge in [-0.15, -0.1) is 0 Å². The average molecular weight is 203 g/mol.